The second-order valence-corrected chi connectivity index (χ2v) is 5.35. The third-order valence-corrected chi connectivity index (χ3v) is 3.76. The lowest BCUT2D eigenvalue weighted by atomic mass is 10.00. The van der Waals surface area contributed by atoms with E-state index in [-0.39, 0.29) is 6.10 Å². The van der Waals surface area contributed by atoms with Crippen molar-refractivity contribution >= 4 is 0 Å². The molecule has 0 radical (unpaired) electrons. The van der Waals surface area contributed by atoms with E-state index in [1.165, 1.54) is 32.1 Å². The molecule has 2 atom stereocenters. The minimum absolute atomic E-state index is 0.0958. The molecule has 2 unspecified atom stereocenters. The maximum Gasteiger partial charge on any atom is 0.0695 e. The third-order valence-electron chi connectivity index (χ3n) is 3.76. The number of rotatable bonds is 6. The molecule has 1 saturated carbocycles. The summed E-state index contributed by atoms with van der Waals surface area (Å²) in [6.07, 6.45) is 6.23. The Morgan fingerprint density at radius 2 is 1.87 bits per heavy atom. The lowest BCUT2D eigenvalue weighted by Crippen LogP contribution is -2.35. The van der Waals surface area contributed by atoms with E-state index in [9.17, 15) is 5.11 Å². The van der Waals surface area contributed by atoms with Gasteiger partial charge in [-0.05, 0) is 31.7 Å². The molecule has 2 nitrogen and oxygen atoms in total. The van der Waals surface area contributed by atoms with Crippen molar-refractivity contribution in [3.63, 3.8) is 0 Å². The molecule has 15 heavy (non-hydrogen) atoms. The van der Waals surface area contributed by atoms with E-state index in [2.05, 4.69) is 25.8 Å². The minimum Gasteiger partial charge on any atom is -0.392 e. The Balaban J connectivity index is 2.20. The van der Waals surface area contributed by atoms with Crippen molar-refractivity contribution < 1.29 is 5.11 Å². The molecule has 1 aliphatic rings. The molecule has 0 aliphatic heterocycles. The number of likely N-dealkylation sites (N-methyl/N-ethyl adjacent to an activating group) is 1. The summed E-state index contributed by atoms with van der Waals surface area (Å²) in [6.45, 7) is 6.47. The molecule has 0 aromatic heterocycles. The van der Waals surface area contributed by atoms with Crippen LogP contribution in [0, 0.1) is 11.8 Å². The van der Waals surface area contributed by atoms with Gasteiger partial charge in [-0.15, -0.1) is 0 Å². The Kier molecular flexibility index (Phi) is 5.62. The van der Waals surface area contributed by atoms with Crippen LogP contribution in [-0.4, -0.2) is 36.2 Å². The Labute approximate surface area is 94.7 Å². The molecule has 0 aromatic rings. The third kappa shape index (κ3) is 4.52. The molecule has 0 saturated heterocycles. The molecule has 0 aromatic carbocycles. The van der Waals surface area contributed by atoms with Gasteiger partial charge in [-0.2, -0.15) is 0 Å². The molecular weight excluding hydrogens is 186 g/mol. The van der Waals surface area contributed by atoms with E-state index >= 15 is 0 Å². The minimum atomic E-state index is -0.0958. The van der Waals surface area contributed by atoms with Crippen molar-refractivity contribution in [2.75, 3.05) is 20.1 Å². The zero-order valence-electron chi connectivity index (χ0n) is 10.6. The molecule has 0 spiro atoms. The first-order valence-electron chi connectivity index (χ1n) is 6.50. The second-order valence-electron chi connectivity index (χ2n) is 5.35. The highest BCUT2D eigenvalue weighted by Crippen LogP contribution is 2.27. The smallest absolute Gasteiger partial charge is 0.0695 e. The summed E-state index contributed by atoms with van der Waals surface area (Å²) in [7, 11) is 2.13. The predicted molar refractivity (Wildman–Crippen MR) is 64.9 cm³/mol. The number of hydrogen-bond donors (Lipinski definition) is 1. The van der Waals surface area contributed by atoms with Gasteiger partial charge in [0.15, 0.2) is 0 Å². The fraction of sp³-hybridized carbons (Fsp3) is 1.00. The number of aliphatic hydroxyl groups excluding tert-OH is 1. The van der Waals surface area contributed by atoms with Gasteiger partial charge in [0, 0.05) is 13.1 Å². The Hall–Kier alpha value is -0.0800. The lowest BCUT2D eigenvalue weighted by Gasteiger charge is -2.26. The van der Waals surface area contributed by atoms with Crippen LogP contribution < -0.4 is 0 Å². The SMILES string of the molecule is CCC(C)CN(C)CC(O)C1CCCC1. The van der Waals surface area contributed by atoms with Gasteiger partial charge in [0.05, 0.1) is 6.10 Å². The van der Waals surface area contributed by atoms with Crippen LogP contribution in [0.5, 0.6) is 0 Å². The summed E-state index contributed by atoms with van der Waals surface area (Å²) in [5.41, 5.74) is 0. The maximum absolute atomic E-state index is 10.1. The van der Waals surface area contributed by atoms with Crippen LogP contribution in [0.15, 0.2) is 0 Å². The highest BCUT2D eigenvalue weighted by Gasteiger charge is 2.24. The average molecular weight is 213 g/mol. The van der Waals surface area contributed by atoms with Crippen molar-refractivity contribution in [3.05, 3.63) is 0 Å². The average Bonchev–Trinajstić information content (AvgIpc) is 2.70. The number of hydrogen-bond acceptors (Lipinski definition) is 2. The predicted octanol–water partition coefficient (Wildman–Crippen LogP) is 2.52. The van der Waals surface area contributed by atoms with Gasteiger partial charge in [-0.3, -0.25) is 0 Å². The van der Waals surface area contributed by atoms with E-state index in [0.29, 0.717) is 5.92 Å². The van der Waals surface area contributed by atoms with Gasteiger partial charge in [-0.25, -0.2) is 0 Å². The van der Waals surface area contributed by atoms with Crippen molar-refractivity contribution in [2.45, 2.75) is 52.1 Å². The van der Waals surface area contributed by atoms with E-state index in [1.807, 2.05) is 0 Å². The highest BCUT2D eigenvalue weighted by atomic mass is 16.3. The van der Waals surface area contributed by atoms with Gasteiger partial charge >= 0.3 is 0 Å². The van der Waals surface area contributed by atoms with Gasteiger partial charge in [0.25, 0.3) is 0 Å². The summed E-state index contributed by atoms with van der Waals surface area (Å²) in [5, 5.41) is 10.1. The van der Waals surface area contributed by atoms with Crippen LogP contribution in [0.3, 0.4) is 0 Å². The largest absolute Gasteiger partial charge is 0.392 e. The van der Waals surface area contributed by atoms with E-state index in [1.54, 1.807) is 0 Å². The first kappa shape index (κ1) is 13.0. The standard InChI is InChI=1S/C13H27NO/c1-4-11(2)9-14(3)10-13(15)12-7-5-6-8-12/h11-13,15H,4-10H2,1-3H3. The monoisotopic (exact) mass is 213 g/mol. The summed E-state index contributed by atoms with van der Waals surface area (Å²) in [5.74, 6) is 1.31. The number of nitrogens with zero attached hydrogens (tertiary/aromatic N) is 1. The van der Waals surface area contributed by atoms with E-state index in [4.69, 9.17) is 0 Å². The molecule has 1 N–H and O–H groups in total. The highest BCUT2D eigenvalue weighted by molar-refractivity contribution is 4.76. The topological polar surface area (TPSA) is 23.5 Å². The zero-order chi connectivity index (χ0) is 11.3. The maximum atomic E-state index is 10.1. The molecule has 2 heteroatoms. The van der Waals surface area contributed by atoms with Crippen LogP contribution >= 0.6 is 0 Å². The molecule has 0 amide bonds. The summed E-state index contributed by atoms with van der Waals surface area (Å²) in [6, 6.07) is 0. The summed E-state index contributed by atoms with van der Waals surface area (Å²) >= 11 is 0. The van der Waals surface area contributed by atoms with Gasteiger partial charge in [0.2, 0.25) is 0 Å². The second kappa shape index (κ2) is 6.49. The van der Waals surface area contributed by atoms with Crippen molar-refractivity contribution in [2.24, 2.45) is 11.8 Å². The molecule has 0 heterocycles. The van der Waals surface area contributed by atoms with Crippen LogP contribution in [-0.2, 0) is 0 Å². The Bertz CT molecular complexity index is 166. The van der Waals surface area contributed by atoms with E-state index in [0.717, 1.165) is 19.0 Å². The van der Waals surface area contributed by atoms with Crippen molar-refractivity contribution in [1.29, 1.82) is 0 Å². The van der Waals surface area contributed by atoms with Crippen LogP contribution in [0.25, 0.3) is 0 Å². The molecule has 1 fully saturated rings. The van der Waals surface area contributed by atoms with Crippen molar-refractivity contribution in [1.82, 2.24) is 4.90 Å². The Morgan fingerprint density at radius 3 is 2.40 bits per heavy atom. The Morgan fingerprint density at radius 1 is 1.27 bits per heavy atom. The van der Waals surface area contributed by atoms with Gasteiger partial charge in [0.1, 0.15) is 0 Å². The first-order valence-corrected chi connectivity index (χ1v) is 6.50. The molecule has 1 rings (SSSR count). The molecule has 90 valence electrons. The fourth-order valence-corrected chi connectivity index (χ4v) is 2.55. The zero-order valence-corrected chi connectivity index (χ0v) is 10.6. The van der Waals surface area contributed by atoms with Crippen LogP contribution in [0.1, 0.15) is 46.0 Å². The van der Waals surface area contributed by atoms with Gasteiger partial charge < -0.3 is 10.0 Å². The van der Waals surface area contributed by atoms with Gasteiger partial charge in [-0.1, -0.05) is 33.1 Å². The first-order chi connectivity index (χ1) is 7.13. The molecule has 0 bridgehead atoms. The molecule has 1 aliphatic carbocycles. The normalized spacial score (nSPS) is 22.2. The summed E-state index contributed by atoms with van der Waals surface area (Å²) in [4.78, 5) is 2.29. The van der Waals surface area contributed by atoms with Crippen molar-refractivity contribution in [3.8, 4) is 0 Å². The number of aliphatic hydroxyl groups is 1. The quantitative estimate of drug-likeness (QED) is 0.733. The van der Waals surface area contributed by atoms with Crippen LogP contribution in [0.2, 0.25) is 0 Å². The fourth-order valence-electron chi connectivity index (χ4n) is 2.55. The summed E-state index contributed by atoms with van der Waals surface area (Å²) < 4.78 is 0. The van der Waals surface area contributed by atoms with E-state index < -0.39 is 0 Å². The van der Waals surface area contributed by atoms with Crippen LogP contribution in [0.4, 0.5) is 0 Å². The molecular formula is C13H27NO. The lowest BCUT2D eigenvalue weighted by molar-refractivity contribution is 0.0702.